The van der Waals surface area contributed by atoms with Crippen LogP contribution in [0, 0.1) is 0 Å². The Bertz CT molecular complexity index is 546. The predicted octanol–water partition coefficient (Wildman–Crippen LogP) is 4.41. The van der Waals surface area contributed by atoms with Gasteiger partial charge in [-0.15, -0.1) is 0 Å². The molecule has 1 aromatic rings. The van der Waals surface area contributed by atoms with Gasteiger partial charge in [-0.05, 0) is 32.4 Å². The van der Waals surface area contributed by atoms with Gasteiger partial charge in [0.15, 0.2) is 12.6 Å². The van der Waals surface area contributed by atoms with Gasteiger partial charge in [0.25, 0.3) is 0 Å². The van der Waals surface area contributed by atoms with Crippen molar-refractivity contribution >= 4 is 10.4 Å². The molecule has 25 heavy (non-hydrogen) atoms. The van der Waals surface area contributed by atoms with Gasteiger partial charge in [-0.3, -0.25) is 0 Å². The molecule has 0 saturated heterocycles. The van der Waals surface area contributed by atoms with E-state index in [1.165, 1.54) is 26.2 Å². The molecule has 6 nitrogen and oxygen atoms in total. The molecule has 0 aliphatic rings. The number of hydrogen-bond donors (Lipinski definition) is 0. The molecule has 0 N–H and O–H groups in total. The summed E-state index contributed by atoms with van der Waals surface area (Å²) in [4.78, 5) is 0. The Morgan fingerprint density at radius 2 is 1.56 bits per heavy atom. The lowest BCUT2D eigenvalue weighted by Gasteiger charge is -2.19. The Labute approximate surface area is 151 Å². The van der Waals surface area contributed by atoms with E-state index in [4.69, 9.17) is 17.8 Å². The molecule has 0 heterocycles. The molecular formula is C18H30O6S. The zero-order valence-corrected chi connectivity index (χ0v) is 16.2. The number of hydrogen-bond acceptors (Lipinski definition) is 6. The molecule has 0 amide bonds. The van der Waals surface area contributed by atoms with E-state index in [2.05, 4.69) is 6.92 Å². The lowest BCUT2D eigenvalue weighted by molar-refractivity contribution is -0.168. The Balaban J connectivity index is 2.21. The van der Waals surface area contributed by atoms with Crippen LogP contribution in [-0.2, 0) is 23.5 Å². The molecule has 0 bridgehead atoms. The third kappa shape index (κ3) is 11.1. The molecule has 1 rings (SSSR count). The van der Waals surface area contributed by atoms with Gasteiger partial charge in [-0.2, -0.15) is 8.42 Å². The fourth-order valence-electron chi connectivity index (χ4n) is 2.25. The lowest BCUT2D eigenvalue weighted by atomic mass is 10.1. The highest BCUT2D eigenvalue weighted by molar-refractivity contribution is 7.81. The molecule has 2 atom stereocenters. The lowest BCUT2D eigenvalue weighted by Crippen LogP contribution is -2.27. The van der Waals surface area contributed by atoms with E-state index in [-0.39, 0.29) is 6.61 Å². The van der Waals surface area contributed by atoms with Gasteiger partial charge < -0.3 is 9.47 Å². The van der Waals surface area contributed by atoms with Crippen molar-refractivity contribution in [2.45, 2.75) is 71.9 Å². The second-order valence-corrected chi connectivity index (χ2v) is 7.04. The standard InChI is InChI=1S/C18H30O6S/c1-4-5-6-7-8-12-15-21-25(19,20)24-17(3)22-16(2)23-18-13-10-9-11-14-18/h9-11,13-14,16-17H,4-8,12,15H2,1-3H3. The third-order valence-electron chi connectivity index (χ3n) is 3.41. The van der Waals surface area contributed by atoms with Gasteiger partial charge in [0.2, 0.25) is 0 Å². The van der Waals surface area contributed by atoms with Crippen molar-refractivity contribution in [3.8, 4) is 5.75 Å². The van der Waals surface area contributed by atoms with Crippen LogP contribution in [0.15, 0.2) is 30.3 Å². The largest absolute Gasteiger partial charge is 0.465 e. The molecule has 0 spiro atoms. The van der Waals surface area contributed by atoms with E-state index >= 15 is 0 Å². The van der Waals surface area contributed by atoms with Gasteiger partial charge in [-0.25, -0.2) is 8.37 Å². The zero-order valence-electron chi connectivity index (χ0n) is 15.3. The average Bonchev–Trinajstić information content (AvgIpc) is 2.54. The average molecular weight is 374 g/mol. The van der Waals surface area contributed by atoms with E-state index in [9.17, 15) is 8.42 Å². The minimum Gasteiger partial charge on any atom is -0.465 e. The number of unbranched alkanes of at least 4 members (excludes halogenated alkanes) is 5. The second kappa shape index (κ2) is 12.2. The monoisotopic (exact) mass is 374 g/mol. The first-order valence-corrected chi connectivity index (χ1v) is 10.2. The van der Waals surface area contributed by atoms with E-state index in [1.807, 2.05) is 18.2 Å². The quantitative estimate of drug-likeness (QED) is 0.355. The van der Waals surface area contributed by atoms with Gasteiger partial charge in [0, 0.05) is 0 Å². The van der Waals surface area contributed by atoms with Crippen LogP contribution in [0.5, 0.6) is 5.75 Å². The SMILES string of the molecule is CCCCCCCCOS(=O)(=O)OC(C)OC(C)Oc1ccccc1. The van der Waals surface area contributed by atoms with E-state index in [0.717, 1.165) is 12.8 Å². The van der Waals surface area contributed by atoms with Crippen LogP contribution in [0.1, 0.15) is 59.3 Å². The van der Waals surface area contributed by atoms with E-state index in [0.29, 0.717) is 12.2 Å². The highest BCUT2D eigenvalue weighted by Crippen LogP contribution is 2.14. The first-order valence-electron chi connectivity index (χ1n) is 8.87. The Hall–Kier alpha value is -1.15. The van der Waals surface area contributed by atoms with Crippen molar-refractivity contribution in [2.24, 2.45) is 0 Å². The molecule has 0 fully saturated rings. The van der Waals surface area contributed by atoms with Crippen LogP contribution in [0.25, 0.3) is 0 Å². The van der Waals surface area contributed by atoms with Crippen LogP contribution in [0.4, 0.5) is 0 Å². The number of para-hydroxylation sites is 1. The maximum atomic E-state index is 11.8. The van der Waals surface area contributed by atoms with Crippen LogP contribution in [0.3, 0.4) is 0 Å². The van der Waals surface area contributed by atoms with Crippen molar-refractivity contribution in [3.63, 3.8) is 0 Å². The van der Waals surface area contributed by atoms with Gasteiger partial charge in [-0.1, -0.05) is 57.2 Å². The summed E-state index contributed by atoms with van der Waals surface area (Å²) in [5.41, 5.74) is 0. The zero-order chi connectivity index (χ0) is 18.5. The minimum atomic E-state index is -4.08. The molecule has 144 valence electrons. The molecule has 7 heteroatoms. The second-order valence-electron chi connectivity index (χ2n) is 5.80. The van der Waals surface area contributed by atoms with Crippen LogP contribution >= 0.6 is 0 Å². The molecular weight excluding hydrogens is 344 g/mol. The topological polar surface area (TPSA) is 71.1 Å². The maximum absolute atomic E-state index is 11.8. The van der Waals surface area contributed by atoms with E-state index < -0.39 is 23.0 Å². The normalized spacial score (nSPS) is 14.2. The summed E-state index contributed by atoms with van der Waals surface area (Å²) < 4.78 is 44.0. The molecule has 0 aliphatic heterocycles. The molecule has 0 aromatic heterocycles. The molecule has 0 saturated carbocycles. The molecule has 2 unspecified atom stereocenters. The smallest absolute Gasteiger partial charge is 0.402 e. The fourth-order valence-corrected chi connectivity index (χ4v) is 3.00. The summed E-state index contributed by atoms with van der Waals surface area (Å²) in [5, 5.41) is 0. The van der Waals surface area contributed by atoms with Crippen molar-refractivity contribution in [1.82, 2.24) is 0 Å². The Kier molecular flexibility index (Phi) is 10.7. The van der Waals surface area contributed by atoms with Gasteiger partial charge >= 0.3 is 10.4 Å². The van der Waals surface area contributed by atoms with Crippen molar-refractivity contribution in [1.29, 1.82) is 0 Å². The maximum Gasteiger partial charge on any atom is 0.402 e. The van der Waals surface area contributed by atoms with Gasteiger partial charge in [0.05, 0.1) is 6.61 Å². The minimum absolute atomic E-state index is 0.122. The number of ether oxygens (including phenoxy) is 2. The van der Waals surface area contributed by atoms with Crippen molar-refractivity contribution in [3.05, 3.63) is 30.3 Å². The van der Waals surface area contributed by atoms with E-state index in [1.54, 1.807) is 19.1 Å². The first kappa shape index (κ1) is 21.9. The fraction of sp³-hybridized carbons (Fsp3) is 0.667. The summed E-state index contributed by atoms with van der Waals surface area (Å²) in [5.74, 6) is 0.629. The van der Waals surface area contributed by atoms with Crippen molar-refractivity contribution in [2.75, 3.05) is 6.61 Å². The third-order valence-corrected chi connectivity index (χ3v) is 4.37. The summed E-state index contributed by atoms with van der Waals surface area (Å²) in [7, 11) is -4.08. The summed E-state index contributed by atoms with van der Waals surface area (Å²) in [6.45, 7) is 5.42. The van der Waals surface area contributed by atoms with Gasteiger partial charge in [0.1, 0.15) is 5.75 Å². The van der Waals surface area contributed by atoms with Crippen LogP contribution in [0.2, 0.25) is 0 Å². The number of benzene rings is 1. The highest BCUT2D eigenvalue weighted by atomic mass is 32.3. The summed E-state index contributed by atoms with van der Waals surface area (Å²) in [6.07, 6.45) is 4.62. The Morgan fingerprint density at radius 3 is 2.24 bits per heavy atom. The summed E-state index contributed by atoms with van der Waals surface area (Å²) >= 11 is 0. The molecule has 0 aliphatic carbocycles. The summed E-state index contributed by atoms with van der Waals surface area (Å²) in [6, 6.07) is 9.11. The number of rotatable bonds is 14. The molecule has 0 radical (unpaired) electrons. The van der Waals surface area contributed by atoms with Crippen LogP contribution in [-0.4, -0.2) is 27.6 Å². The highest BCUT2D eigenvalue weighted by Gasteiger charge is 2.19. The predicted molar refractivity (Wildman–Crippen MR) is 96.4 cm³/mol. The van der Waals surface area contributed by atoms with Crippen LogP contribution < -0.4 is 4.74 Å². The Morgan fingerprint density at radius 1 is 0.920 bits per heavy atom. The molecule has 1 aromatic carbocycles. The van der Waals surface area contributed by atoms with Crippen molar-refractivity contribution < 1.29 is 26.3 Å². The first-order chi connectivity index (χ1) is 11.9.